The van der Waals surface area contributed by atoms with Crippen molar-refractivity contribution in [1.29, 1.82) is 0 Å². The lowest BCUT2D eigenvalue weighted by Crippen LogP contribution is -2.29. The van der Waals surface area contributed by atoms with Crippen LogP contribution in [0.15, 0.2) is 65.7 Å². The van der Waals surface area contributed by atoms with Gasteiger partial charge in [0.1, 0.15) is 5.75 Å². The summed E-state index contributed by atoms with van der Waals surface area (Å²) in [7, 11) is -1.99. The fourth-order valence-electron chi connectivity index (χ4n) is 2.79. The van der Waals surface area contributed by atoms with Gasteiger partial charge in [0, 0.05) is 25.2 Å². The van der Waals surface area contributed by atoms with Gasteiger partial charge in [0.25, 0.3) is 0 Å². The number of aryl methyl sites for hydroxylation is 1. The van der Waals surface area contributed by atoms with Crippen LogP contribution in [-0.4, -0.2) is 37.9 Å². The lowest BCUT2D eigenvalue weighted by Gasteiger charge is -2.19. The Labute approximate surface area is 154 Å². The molecule has 26 heavy (non-hydrogen) atoms. The summed E-state index contributed by atoms with van der Waals surface area (Å²) in [5.41, 5.74) is 1.67. The summed E-state index contributed by atoms with van der Waals surface area (Å²) in [6.07, 6.45) is 2.28. The molecule has 0 aliphatic carbocycles. The lowest BCUT2D eigenvalue weighted by atomic mass is 10.1. The number of pyridine rings is 1. The Bertz CT molecular complexity index is 988. The van der Waals surface area contributed by atoms with Crippen LogP contribution in [0.4, 0.5) is 0 Å². The van der Waals surface area contributed by atoms with Crippen molar-refractivity contribution in [2.45, 2.75) is 18.2 Å². The van der Waals surface area contributed by atoms with E-state index in [1.807, 2.05) is 37.3 Å². The monoisotopic (exact) mass is 370 g/mol. The van der Waals surface area contributed by atoms with Crippen molar-refractivity contribution < 1.29 is 13.2 Å². The molecule has 3 rings (SSSR count). The highest BCUT2D eigenvalue weighted by Crippen LogP contribution is 2.26. The van der Waals surface area contributed by atoms with Gasteiger partial charge >= 0.3 is 0 Å². The predicted molar refractivity (Wildman–Crippen MR) is 103 cm³/mol. The van der Waals surface area contributed by atoms with Gasteiger partial charge in [-0.3, -0.25) is 4.98 Å². The Kier molecular flexibility index (Phi) is 5.54. The number of benzene rings is 2. The third-order valence-corrected chi connectivity index (χ3v) is 6.16. The van der Waals surface area contributed by atoms with E-state index in [1.54, 1.807) is 37.5 Å². The zero-order valence-corrected chi connectivity index (χ0v) is 15.7. The lowest BCUT2D eigenvalue weighted by molar-refractivity contribution is 0.296. The zero-order valence-electron chi connectivity index (χ0n) is 14.9. The molecule has 0 bridgehead atoms. The molecule has 3 aromatic rings. The number of hydrogen-bond acceptors (Lipinski definition) is 4. The van der Waals surface area contributed by atoms with Crippen molar-refractivity contribution in [3.63, 3.8) is 0 Å². The first-order valence-electron chi connectivity index (χ1n) is 8.48. The molecule has 1 aromatic heterocycles. The molecular weight excluding hydrogens is 348 g/mol. The highest BCUT2D eigenvalue weighted by molar-refractivity contribution is 7.89. The minimum Gasteiger partial charge on any atom is -0.494 e. The largest absolute Gasteiger partial charge is 0.494 e. The Morgan fingerprint density at radius 1 is 1.04 bits per heavy atom. The Hall–Kier alpha value is -2.44. The molecule has 2 aromatic carbocycles. The van der Waals surface area contributed by atoms with Gasteiger partial charge in [0.05, 0.1) is 17.0 Å². The van der Waals surface area contributed by atoms with Gasteiger partial charge in [-0.2, -0.15) is 0 Å². The number of hydrogen-bond donors (Lipinski definition) is 0. The first-order chi connectivity index (χ1) is 12.5. The van der Waals surface area contributed by atoms with E-state index in [-0.39, 0.29) is 4.90 Å². The summed E-state index contributed by atoms with van der Waals surface area (Å²) < 4.78 is 33.0. The van der Waals surface area contributed by atoms with Crippen LogP contribution < -0.4 is 4.74 Å². The second kappa shape index (κ2) is 7.85. The van der Waals surface area contributed by atoms with E-state index >= 15 is 0 Å². The fraction of sp³-hybridized carbons (Fsp3) is 0.250. The van der Waals surface area contributed by atoms with E-state index in [4.69, 9.17) is 4.74 Å². The zero-order chi connectivity index (χ0) is 18.6. The van der Waals surface area contributed by atoms with Crippen LogP contribution in [0.2, 0.25) is 0 Å². The van der Waals surface area contributed by atoms with Gasteiger partial charge < -0.3 is 4.74 Å². The average molecular weight is 370 g/mol. The Morgan fingerprint density at radius 3 is 2.58 bits per heavy atom. The SMILES string of the molecule is Cc1ccc(S(=O)(=O)N(C)CCCOc2ccccc2)c2cccnc12. The number of aromatic nitrogens is 1. The van der Waals surface area contributed by atoms with Crippen LogP contribution in [0.1, 0.15) is 12.0 Å². The van der Waals surface area contributed by atoms with Gasteiger partial charge in [0.2, 0.25) is 10.0 Å². The summed E-state index contributed by atoms with van der Waals surface area (Å²) in [4.78, 5) is 4.61. The highest BCUT2D eigenvalue weighted by atomic mass is 32.2. The quantitative estimate of drug-likeness (QED) is 0.596. The van der Waals surface area contributed by atoms with E-state index in [1.165, 1.54) is 4.31 Å². The molecule has 136 valence electrons. The fourth-order valence-corrected chi connectivity index (χ4v) is 4.18. The third-order valence-electron chi connectivity index (χ3n) is 4.25. The van der Waals surface area contributed by atoms with Crippen molar-refractivity contribution in [2.24, 2.45) is 0 Å². The van der Waals surface area contributed by atoms with Crippen molar-refractivity contribution >= 4 is 20.9 Å². The molecule has 0 aliphatic rings. The molecule has 0 aliphatic heterocycles. The van der Waals surface area contributed by atoms with Crippen LogP contribution in [0.3, 0.4) is 0 Å². The molecule has 0 atom stereocenters. The van der Waals surface area contributed by atoms with Crippen molar-refractivity contribution in [3.8, 4) is 5.75 Å². The molecule has 0 amide bonds. The Balaban J connectivity index is 1.71. The summed E-state index contributed by atoms with van der Waals surface area (Å²) >= 11 is 0. The standard InChI is InChI=1S/C20H22N2O3S/c1-16-11-12-19(18-10-6-13-21-20(16)18)26(23,24)22(2)14-7-15-25-17-8-4-3-5-9-17/h3-6,8-13H,7,14-15H2,1-2H3. The summed E-state index contributed by atoms with van der Waals surface area (Å²) in [6.45, 7) is 2.77. The minimum atomic E-state index is -3.59. The number of rotatable bonds is 7. The van der Waals surface area contributed by atoms with Crippen LogP contribution in [0.5, 0.6) is 5.75 Å². The van der Waals surface area contributed by atoms with E-state index in [0.717, 1.165) is 16.8 Å². The first kappa shape index (κ1) is 18.4. The number of sulfonamides is 1. The maximum Gasteiger partial charge on any atom is 0.243 e. The molecular formula is C20H22N2O3S. The highest BCUT2D eigenvalue weighted by Gasteiger charge is 2.23. The number of para-hydroxylation sites is 1. The summed E-state index contributed by atoms with van der Waals surface area (Å²) in [5, 5.41) is 0.653. The summed E-state index contributed by atoms with van der Waals surface area (Å²) in [6, 6.07) is 16.5. The van der Waals surface area contributed by atoms with Gasteiger partial charge in [-0.1, -0.05) is 24.3 Å². The van der Waals surface area contributed by atoms with Gasteiger partial charge in [-0.25, -0.2) is 12.7 Å². The van der Waals surface area contributed by atoms with Crippen LogP contribution in [-0.2, 0) is 10.0 Å². The normalized spacial score (nSPS) is 11.8. The molecule has 0 fully saturated rings. The van der Waals surface area contributed by atoms with Gasteiger partial charge in [-0.15, -0.1) is 0 Å². The van der Waals surface area contributed by atoms with Crippen molar-refractivity contribution in [3.05, 3.63) is 66.4 Å². The topological polar surface area (TPSA) is 59.5 Å². The number of fused-ring (bicyclic) bond motifs is 1. The maximum atomic E-state index is 13.0. The van der Waals surface area contributed by atoms with E-state index in [9.17, 15) is 8.42 Å². The molecule has 0 saturated carbocycles. The predicted octanol–water partition coefficient (Wildman–Crippen LogP) is 3.63. The number of nitrogens with zero attached hydrogens (tertiary/aromatic N) is 2. The molecule has 0 N–H and O–H groups in total. The van der Waals surface area contributed by atoms with Crippen LogP contribution in [0, 0.1) is 6.92 Å². The first-order valence-corrected chi connectivity index (χ1v) is 9.92. The third kappa shape index (κ3) is 3.86. The Morgan fingerprint density at radius 2 is 1.81 bits per heavy atom. The number of ether oxygens (including phenoxy) is 1. The molecule has 0 unspecified atom stereocenters. The van der Waals surface area contributed by atoms with Crippen molar-refractivity contribution in [1.82, 2.24) is 9.29 Å². The minimum absolute atomic E-state index is 0.290. The molecule has 5 nitrogen and oxygen atoms in total. The van der Waals surface area contributed by atoms with Crippen LogP contribution in [0.25, 0.3) is 10.9 Å². The molecule has 0 radical (unpaired) electrons. The van der Waals surface area contributed by atoms with E-state index < -0.39 is 10.0 Å². The maximum absolute atomic E-state index is 13.0. The molecule has 1 heterocycles. The van der Waals surface area contributed by atoms with Gasteiger partial charge in [0.15, 0.2) is 0 Å². The molecule has 0 saturated heterocycles. The van der Waals surface area contributed by atoms with Crippen LogP contribution >= 0.6 is 0 Å². The second-order valence-corrected chi connectivity index (χ2v) is 8.14. The second-order valence-electron chi connectivity index (χ2n) is 6.12. The average Bonchev–Trinajstić information content (AvgIpc) is 2.66. The smallest absolute Gasteiger partial charge is 0.243 e. The molecule has 0 spiro atoms. The molecule has 6 heteroatoms. The van der Waals surface area contributed by atoms with E-state index in [0.29, 0.717) is 25.0 Å². The van der Waals surface area contributed by atoms with Gasteiger partial charge in [-0.05, 0) is 49.2 Å². The summed E-state index contributed by atoms with van der Waals surface area (Å²) in [5.74, 6) is 0.786. The van der Waals surface area contributed by atoms with Crippen molar-refractivity contribution in [2.75, 3.05) is 20.2 Å². The van der Waals surface area contributed by atoms with E-state index in [2.05, 4.69) is 4.98 Å².